The predicted octanol–water partition coefficient (Wildman–Crippen LogP) is 0.561. The lowest BCUT2D eigenvalue weighted by Crippen LogP contribution is -2.30. The molecule has 0 aliphatic rings. The molecular weight excluding hydrogens is 270 g/mol. The fourth-order valence-electron chi connectivity index (χ4n) is 1.59. The molecule has 0 saturated carbocycles. The summed E-state index contributed by atoms with van der Waals surface area (Å²) in [5.74, 6) is -0.903. The summed E-state index contributed by atoms with van der Waals surface area (Å²) in [6, 6.07) is 3.49. The van der Waals surface area contributed by atoms with E-state index in [1.807, 2.05) is 0 Å². The molecule has 0 aromatic heterocycles. The van der Waals surface area contributed by atoms with Crippen molar-refractivity contribution in [2.75, 3.05) is 13.7 Å². The molecule has 0 radical (unpaired) electrons. The third kappa shape index (κ3) is 3.43. The molecule has 0 bridgehead atoms. The van der Waals surface area contributed by atoms with E-state index >= 15 is 0 Å². The summed E-state index contributed by atoms with van der Waals surface area (Å²) in [4.78, 5) is 21.4. The SMILES string of the molecule is CCOC(=O)C(O)C(O)c1cc([N+](=O)[O-])ccc1OC. The smallest absolute Gasteiger partial charge is 0.338 e. The van der Waals surface area contributed by atoms with Gasteiger partial charge >= 0.3 is 5.97 Å². The number of nitro benzene ring substituents is 1. The first-order chi connectivity index (χ1) is 9.42. The van der Waals surface area contributed by atoms with E-state index < -0.39 is 23.1 Å². The highest BCUT2D eigenvalue weighted by Gasteiger charge is 2.30. The van der Waals surface area contributed by atoms with Crippen LogP contribution in [0, 0.1) is 10.1 Å². The van der Waals surface area contributed by atoms with Crippen LogP contribution >= 0.6 is 0 Å². The molecule has 2 atom stereocenters. The van der Waals surface area contributed by atoms with E-state index in [-0.39, 0.29) is 23.6 Å². The predicted molar refractivity (Wildman–Crippen MR) is 67.2 cm³/mol. The lowest BCUT2D eigenvalue weighted by molar-refractivity contribution is -0.385. The van der Waals surface area contributed by atoms with Gasteiger partial charge in [0.1, 0.15) is 11.9 Å². The largest absolute Gasteiger partial charge is 0.496 e. The Balaban J connectivity index is 3.12. The van der Waals surface area contributed by atoms with Crippen molar-refractivity contribution >= 4 is 11.7 Å². The molecule has 8 nitrogen and oxygen atoms in total. The average Bonchev–Trinajstić information content (AvgIpc) is 2.45. The van der Waals surface area contributed by atoms with Crippen molar-refractivity contribution in [3.63, 3.8) is 0 Å². The van der Waals surface area contributed by atoms with Gasteiger partial charge in [0.15, 0.2) is 6.10 Å². The molecule has 0 heterocycles. The molecule has 0 amide bonds. The number of ether oxygens (including phenoxy) is 2. The van der Waals surface area contributed by atoms with Crippen LogP contribution in [-0.4, -0.2) is 40.9 Å². The quantitative estimate of drug-likeness (QED) is 0.445. The van der Waals surface area contributed by atoms with E-state index in [2.05, 4.69) is 4.74 Å². The maximum atomic E-state index is 11.4. The van der Waals surface area contributed by atoms with Gasteiger partial charge < -0.3 is 19.7 Å². The zero-order valence-electron chi connectivity index (χ0n) is 11.0. The summed E-state index contributed by atoms with van der Waals surface area (Å²) in [6.45, 7) is 1.58. The molecule has 1 rings (SSSR count). The number of carbonyl (C=O) groups excluding carboxylic acids is 1. The summed E-state index contributed by atoms with van der Waals surface area (Å²) in [5, 5.41) is 30.3. The van der Waals surface area contributed by atoms with Crippen LogP contribution < -0.4 is 4.74 Å². The number of methoxy groups -OCH3 is 1. The normalized spacial score (nSPS) is 13.4. The van der Waals surface area contributed by atoms with Crippen LogP contribution in [0.4, 0.5) is 5.69 Å². The van der Waals surface area contributed by atoms with Gasteiger partial charge in [-0.1, -0.05) is 0 Å². The van der Waals surface area contributed by atoms with Crippen molar-refractivity contribution in [3.05, 3.63) is 33.9 Å². The van der Waals surface area contributed by atoms with Crippen LogP contribution in [0.1, 0.15) is 18.6 Å². The first-order valence-electron chi connectivity index (χ1n) is 5.77. The molecule has 0 spiro atoms. The Morgan fingerprint density at radius 1 is 1.45 bits per heavy atom. The fourth-order valence-corrected chi connectivity index (χ4v) is 1.59. The lowest BCUT2D eigenvalue weighted by atomic mass is 10.0. The van der Waals surface area contributed by atoms with Crippen LogP contribution in [0.15, 0.2) is 18.2 Å². The van der Waals surface area contributed by atoms with Crippen molar-refractivity contribution in [3.8, 4) is 5.75 Å². The Hall–Kier alpha value is -2.19. The third-order valence-electron chi connectivity index (χ3n) is 2.57. The molecule has 0 saturated heterocycles. The number of aliphatic hydroxyl groups is 2. The molecular formula is C12H15NO7. The first-order valence-corrected chi connectivity index (χ1v) is 5.77. The minimum Gasteiger partial charge on any atom is -0.496 e. The summed E-state index contributed by atoms with van der Waals surface area (Å²) in [6.07, 6.45) is -3.55. The molecule has 2 unspecified atom stereocenters. The summed E-state index contributed by atoms with van der Waals surface area (Å²) in [7, 11) is 1.30. The van der Waals surface area contributed by atoms with Gasteiger partial charge in [-0.25, -0.2) is 4.79 Å². The Bertz CT molecular complexity index is 503. The van der Waals surface area contributed by atoms with Crippen LogP contribution in [-0.2, 0) is 9.53 Å². The number of hydrogen-bond donors (Lipinski definition) is 2. The monoisotopic (exact) mass is 285 g/mol. The van der Waals surface area contributed by atoms with Crippen LogP contribution in [0.2, 0.25) is 0 Å². The Morgan fingerprint density at radius 3 is 2.60 bits per heavy atom. The third-order valence-corrected chi connectivity index (χ3v) is 2.57. The second-order valence-corrected chi connectivity index (χ2v) is 3.83. The number of non-ortho nitro benzene ring substituents is 1. The molecule has 1 aromatic carbocycles. The highest BCUT2D eigenvalue weighted by Crippen LogP contribution is 2.31. The van der Waals surface area contributed by atoms with E-state index in [1.165, 1.54) is 19.2 Å². The molecule has 0 aliphatic heterocycles. The number of benzene rings is 1. The molecule has 110 valence electrons. The molecule has 0 aliphatic carbocycles. The number of rotatable bonds is 6. The van der Waals surface area contributed by atoms with Crippen LogP contribution in [0.3, 0.4) is 0 Å². The average molecular weight is 285 g/mol. The van der Waals surface area contributed by atoms with Crippen molar-refractivity contribution in [1.82, 2.24) is 0 Å². The highest BCUT2D eigenvalue weighted by atomic mass is 16.6. The fraction of sp³-hybridized carbons (Fsp3) is 0.417. The van der Waals surface area contributed by atoms with E-state index in [4.69, 9.17) is 4.74 Å². The van der Waals surface area contributed by atoms with Gasteiger partial charge in [-0.3, -0.25) is 10.1 Å². The number of carbonyl (C=O) groups is 1. The van der Waals surface area contributed by atoms with E-state index in [0.29, 0.717) is 0 Å². The first kappa shape index (κ1) is 15.9. The van der Waals surface area contributed by atoms with Crippen molar-refractivity contribution < 1.29 is 29.4 Å². The number of nitro groups is 1. The molecule has 1 aromatic rings. The van der Waals surface area contributed by atoms with Crippen molar-refractivity contribution in [2.45, 2.75) is 19.1 Å². The lowest BCUT2D eigenvalue weighted by Gasteiger charge is -2.18. The Labute approximate surface area is 114 Å². The second-order valence-electron chi connectivity index (χ2n) is 3.83. The van der Waals surface area contributed by atoms with Gasteiger partial charge in [0.2, 0.25) is 0 Å². The van der Waals surface area contributed by atoms with E-state index in [9.17, 15) is 25.1 Å². The Morgan fingerprint density at radius 2 is 2.10 bits per heavy atom. The zero-order chi connectivity index (χ0) is 15.3. The molecule has 0 fully saturated rings. The minimum absolute atomic E-state index is 0.0364. The summed E-state index contributed by atoms with van der Waals surface area (Å²) >= 11 is 0. The minimum atomic E-state index is -1.86. The van der Waals surface area contributed by atoms with Gasteiger partial charge in [0, 0.05) is 17.7 Å². The van der Waals surface area contributed by atoms with Gasteiger partial charge in [0.05, 0.1) is 18.6 Å². The standard InChI is InChI=1S/C12H15NO7/c1-3-20-12(16)11(15)10(14)8-6-7(13(17)18)4-5-9(8)19-2/h4-6,10-11,14-15H,3H2,1-2H3. The number of esters is 1. The molecule has 2 N–H and O–H groups in total. The van der Waals surface area contributed by atoms with Gasteiger partial charge in [0.25, 0.3) is 5.69 Å². The second kappa shape index (κ2) is 6.83. The van der Waals surface area contributed by atoms with Crippen molar-refractivity contribution in [1.29, 1.82) is 0 Å². The van der Waals surface area contributed by atoms with Crippen LogP contribution in [0.25, 0.3) is 0 Å². The maximum Gasteiger partial charge on any atom is 0.338 e. The highest BCUT2D eigenvalue weighted by molar-refractivity contribution is 5.75. The number of hydrogen-bond acceptors (Lipinski definition) is 7. The van der Waals surface area contributed by atoms with Gasteiger partial charge in [-0.2, -0.15) is 0 Å². The van der Waals surface area contributed by atoms with E-state index in [0.717, 1.165) is 6.07 Å². The van der Waals surface area contributed by atoms with Crippen LogP contribution in [0.5, 0.6) is 5.75 Å². The number of aliphatic hydroxyl groups excluding tert-OH is 2. The molecule has 20 heavy (non-hydrogen) atoms. The topological polar surface area (TPSA) is 119 Å². The Kier molecular flexibility index (Phi) is 5.42. The zero-order valence-corrected chi connectivity index (χ0v) is 11.0. The summed E-state index contributed by atoms with van der Waals surface area (Å²) in [5.41, 5.74) is -0.363. The summed E-state index contributed by atoms with van der Waals surface area (Å²) < 4.78 is 9.52. The van der Waals surface area contributed by atoms with E-state index in [1.54, 1.807) is 6.92 Å². The van der Waals surface area contributed by atoms with Crippen molar-refractivity contribution in [2.24, 2.45) is 0 Å². The maximum absolute atomic E-state index is 11.4. The molecule has 8 heteroatoms. The number of nitrogens with zero attached hydrogens (tertiary/aromatic N) is 1. The van der Waals surface area contributed by atoms with Gasteiger partial charge in [-0.15, -0.1) is 0 Å². The van der Waals surface area contributed by atoms with Gasteiger partial charge in [-0.05, 0) is 13.0 Å².